The fourth-order valence-electron chi connectivity index (χ4n) is 2.55. The minimum Gasteiger partial charge on any atom is -0.293 e. The fourth-order valence-corrected chi connectivity index (χ4v) is 2.72. The monoisotopic (exact) mass is 237 g/mol. The number of halogens is 1. The molecule has 0 N–H and O–H groups in total. The number of nitrogens with zero attached hydrogens (tertiary/aromatic N) is 1. The summed E-state index contributed by atoms with van der Waals surface area (Å²) in [5.41, 5.74) is 1.48. The third-order valence-corrected chi connectivity index (χ3v) is 4.07. The van der Waals surface area contributed by atoms with E-state index < -0.39 is 0 Å². The van der Waals surface area contributed by atoms with Gasteiger partial charge in [-0.25, -0.2) is 4.98 Å². The minimum absolute atomic E-state index is 0.164. The second-order valence-corrected chi connectivity index (χ2v) is 4.83. The number of aryl methyl sites for hydroxylation is 1. The largest absolute Gasteiger partial charge is 0.293 e. The maximum Gasteiger partial charge on any atom is 0.170 e. The van der Waals surface area contributed by atoms with Crippen molar-refractivity contribution in [3.05, 3.63) is 28.5 Å². The van der Waals surface area contributed by atoms with Crippen molar-refractivity contribution < 1.29 is 4.79 Å². The molecule has 16 heavy (non-hydrogen) atoms. The van der Waals surface area contributed by atoms with E-state index in [-0.39, 0.29) is 11.2 Å². The number of hydrogen-bond acceptors (Lipinski definition) is 2. The Balaban J connectivity index is 2.47. The first-order valence-corrected chi connectivity index (χ1v) is 6.21. The van der Waals surface area contributed by atoms with E-state index in [0.29, 0.717) is 5.15 Å². The number of fused-ring (bicyclic) bond motifs is 1. The van der Waals surface area contributed by atoms with Crippen LogP contribution in [0.1, 0.15) is 49.2 Å². The first-order chi connectivity index (χ1) is 7.63. The lowest BCUT2D eigenvalue weighted by molar-refractivity contribution is 0.0736. The molecule has 1 aliphatic rings. The van der Waals surface area contributed by atoms with Crippen LogP contribution in [0.5, 0.6) is 0 Å². The summed E-state index contributed by atoms with van der Waals surface area (Å²) in [6.45, 7) is 4.19. The highest BCUT2D eigenvalue weighted by Gasteiger charge is 2.39. The molecular weight excluding hydrogens is 222 g/mol. The Morgan fingerprint density at radius 2 is 2.06 bits per heavy atom. The van der Waals surface area contributed by atoms with Gasteiger partial charge < -0.3 is 0 Å². The van der Waals surface area contributed by atoms with Crippen LogP contribution in [0, 0.1) is 5.41 Å². The fraction of sp³-hybridized carbons (Fsp3) is 0.538. The van der Waals surface area contributed by atoms with Gasteiger partial charge in [0.1, 0.15) is 5.15 Å². The predicted octanol–water partition coefficient (Wildman–Crippen LogP) is 3.67. The highest BCUT2D eigenvalue weighted by atomic mass is 35.5. The summed E-state index contributed by atoms with van der Waals surface area (Å²) >= 11 is 5.84. The van der Waals surface area contributed by atoms with Gasteiger partial charge in [-0.15, -0.1) is 0 Å². The molecule has 1 heterocycles. The van der Waals surface area contributed by atoms with Crippen LogP contribution in [-0.4, -0.2) is 10.8 Å². The SMILES string of the molecule is CCC1(CC)CCc2nc(Cl)ccc2C1=O. The van der Waals surface area contributed by atoms with Crippen LogP contribution in [0.2, 0.25) is 5.15 Å². The average Bonchev–Trinajstić information content (AvgIpc) is 2.30. The van der Waals surface area contributed by atoms with E-state index in [1.807, 2.05) is 6.07 Å². The molecule has 86 valence electrons. The molecule has 3 heteroatoms. The molecule has 1 aromatic rings. The quantitative estimate of drug-likeness (QED) is 0.735. The summed E-state index contributed by atoms with van der Waals surface area (Å²) in [5.74, 6) is 0.253. The standard InChI is InChI=1S/C13H16ClNO/c1-3-13(4-2)8-7-10-9(12(13)16)5-6-11(14)15-10/h5-6H,3-4,7-8H2,1-2H3. The van der Waals surface area contributed by atoms with Crippen LogP contribution in [0.4, 0.5) is 0 Å². The third kappa shape index (κ3) is 1.65. The number of aromatic nitrogens is 1. The van der Waals surface area contributed by atoms with E-state index in [1.165, 1.54) is 0 Å². The van der Waals surface area contributed by atoms with Crippen molar-refractivity contribution in [2.75, 3.05) is 0 Å². The summed E-state index contributed by atoms with van der Waals surface area (Å²) in [5, 5.41) is 0.479. The normalized spacial score (nSPS) is 18.3. The number of Topliss-reactive ketones (excluding diaryl/α,β-unsaturated/α-hetero) is 1. The first kappa shape index (κ1) is 11.6. The Morgan fingerprint density at radius 3 is 2.69 bits per heavy atom. The molecule has 0 saturated carbocycles. The predicted molar refractivity (Wildman–Crippen MR) is 64.9 cm³/mol. The second-order valence-electron chi connectivity index (χ2n) is 4.44. The Kier molecular flexibility index (Phi) is 3.02. The lowest BCUT2D eigenvalue weighted by atomic mass is 9.68. The summed E-state index contributed by atoms with van der Waals surface area (Å²) < 4.78 is 0. The molecule has 0 unspecified atom stereocenters. The van der Waals surface area contributed by atoms with Crippen molar-refractivity contribution in [3.8, 4) is 0 Å². The smallest absolute Gasteiger partial charge is 0.170 e. The van der Waals surface area contributed by atoms with Crippen molar-refractivity contribution >= 4 is 17.4 Å². The van der Waals surface area contributed by atoms with E-state index in [4.69, 9.17) is 11.6 Å². The summed E-state index contributed by atoms with van der Waals surface area (Å²) in [7, 11) is 0. The Bertz CT molecular complexity index is 424. The molecule has 0 radical (unpaired) electrons. The lowest BCUT2D eigenvalue weighted by Crippen LogP contribution is -2.35. The van der Waals surface area contributed by atoms with Crippen LogP contribution in [-0.2, 0) is 6.42 Å². The molecule has 2 nitrogen and oxygen atoms in total. The average molecular weight is 238 g/mol. The number of carbonyl (C=O) groups excluding carboxylic acids is 1. The molecule has 0 aliphatic heterocycles. The number of hydrogen-bond donors (Lipinski definition) is 0. The van der Waals surface area contributed by atoms with Crippen LogP contribution >= 0.6 is 11.6 Å². The van der Waals surface area contributed by atoms with Gasteiger partial charge in [-0.3, -0.25) is 4.79 Å². The molecule has 0 saturated heterocycles. The molecule has 0 amide bonds. The highest BCUT2D eigenvalue weighted by Crippen LogP contribution is 2.40. The van der Waals surface area contributed by atoms with Gasteiger partial charge >= 0.3 is 0 Å². The maximum absolute atomic E-state index is 12.4. The summed E-state index contributed by atoms with van der Waals surface area (Å²) in [6, 6.07) is 3.53. The second kappa shape index (κ2) is 4.17. The zero-order valence-electron chi connectivity index (χ0n) is 9.72. The van der Waals surface area contributed by atoms with E-state index in [0.717, 1.165) is 36.9 Å². The summed E-state index contributed by atoms with van der Waals surface area (Å²) in [4.78, 5) is 16.7. The van der Waals surface area contributed by atoms with Gasteiger partial charge in [0.2, 0.25) is 0 Å². The Morgan fingerprint density at radius 1 is 1.38 bits per heavy atom. The van der Waals surface area contributed by atoms with Gasteiger partial charge in [0.05, 0.1) is 5.69 Å². The Labute approximate surface area is 101 Å². The van der Waals surface area contributed by atoms with Gasteiger partial charge in [0.15, 0.2) is 5.78 Å². The van der Waals surface area contributed by atoms with E-state index in [9.17, 15) is 4.79 Å². The number of carbonyl (C=O) groups is 1. The Hall–Kier alpha value is -0.890. The molecular formula is C13H16ClNO. The molecule has 0 aromatic carbocycles. The lowest BCUT2D eigenvalue weighted by Gasteiger charge is -2.34. The minimum atomic E-state index is -0.164. The van der Waals surface area contributed by atoms with Gasteiger partial charge in [-0.05, 0) is 37.8 Å². The molecule has 1 aliphatic carbocycles. The maximum atomic E-state index is 12.4. The van der Waals surface area contributed by atoms with Gasteiger partial charge in [-0.1, -0.05) is 25.4 Å². The molecule has 0 fully saturated rings. The zero-order chi connectivity index (χ0) is 11.8. The van der Waals surface area contributed by atoms with Gasteiger partial charge in [0.25, 0.3) is 0 Å². The number of pyridine rings is 1. The van der Waals surface area contributed by atoms with Crippen molar-refractivity contribution in [1.82, 2.24) is 4.98 Å². The first-order valence-electron chi connectivity index (χ1n) is 5.83. The zero-order valence-corrected chi connectivity index (χ0v) is 10.5. The third-order valence-electron chi connectivity index (χ3n) is 3.86. The van der Waals surface area contributed by atoms with Crippen LogP contribution in [0.3, 0.4) is 0 Å². The van der Waals surface area contributed by atoms with Crippen molar-refractivity contribution in [1.29, 1.82) is 0 Å². The van der Waals surface area contributed by atoms with Gasteiger partial charge in [0, 0.05) is 11.0 Å². The highest BCUT2D eigenvalue weighted by molar-refractivity contribution is 6.29. The van der Waals surface area contributed by atoms with Crippen molar-refractivity contribution in [2.24, 2.45) is 5.41 Å². The molecule has 0 bridgehead atoms. The summed E-state index contributed by atoms with van der Waals surface area (Å²) in [6.07, 6.45) is 3.58. The van der Waals surface area contributed by atoms with Gasteiger partial charge in [-0.2, -0.15) is 0 Å². The number of rotatable bonds is 2. The molecule has 2 rings (SSSR count). The van der Waals surface area contributed by atoms with Crippen molar-refractivity contribution in [2.45, 2.75) is 39.5 Å². The van der Waals surface area contributed by atoms with E-state index in [1.54, 1.807) is 6.07 Å². The van der Waals surface area contributed by atoms with E-state index >= 15 is 0 Å². The van der Waals surface area contributed by atoms with Crippen LogP contribution in [0.15, 0.2) is 12.1 Å². The molecule has 1 aromatic heterocycles. The van der Waals surface area contributed by atoms with Crippen LogP contribution < -0.4 is 0 Å². The van der Waals surface area contributed by atoms with E-state index in [2.05, 4.69) is 18.8 Å². The van der Waals surface area contributed by atoms with Crippen LogP contribution in [0.25, 0.3) is 0 Å². The topological polar surface area (TPSA) is 30.0 Å². The molecule has 0 atom stereocenters. The molecule has 0 spiro atoms. The number of ketones is 1. The van der Waals surface area contributed by atoms with Crippen molar-refractivity contribution in [3.63, 3.8) is 0 Å².